The summed E-state index contributed by atoms with van der Waals surface area (Å²) in [5.41, 5.74) is 0.997. The number of hydrogen-bond acceptors (Lipinski definition) is 3. The monoisotopic (exact) mass is 171 g/mol. The molecule has 1 N–H and O–H groups in total. The minimum Gasteiger partial charge on any atom is -0.479 e. The van der Waals surface area contributed by atoms with Crippen LogP contribution in [0.4, 0.5) is 0 Å². The maximum Gasteiger partial charge on any atom is 0.344 e. The van der Waals surface area contributed by atoms with Gasteiger partial charge in [-0.1, -0.05) is 12.1 Å². The first-order valence-corrected chi connectivity index (χ1v) is 4.10. The summed E-state index contributed by atoms with van der Waals surface area (Å²) in [6, 6.07) is 0. The molecule has 1 aliphatic rings. The Balaban J connectivity index is 2.31. The summed E-state index contributed by atoms with van der Waals surface area (Å²) in [5.74, 6) is -0.524. The molecule has 0 heterocycles. The fourth-order valence-corrected chi connectivity index (χ4v) is 1.31. The summed E-state index contributed by atoms with van der Waals surface area (Å²) in [6.07, 6.45) is 3.21. The predicted molar refractivity (Wildman–Crippen MR) is 44.0 cm³/mol. The fraction of sp³-hybridized carbons (Fsp3) is 0.750. The molecule has 1 rings (SSSR count). The molecule has 0 saturated heterocycles. The fourth-order valence-electron chi connectivity index (χ4n) is 1.31. The molecule has 0 aromatic rings. The van der Waals surface area contributed by atoms with E-state index in [1.165, 1.54) is 0 Å². The first-order chi connectivity index (χ1) is 5.70. The van der Waals surface area contributed by atoms with Crippen LogP contribution in [-0.4, -0.2) is 23.4 Å². The first kappa shape index (κ1) is 9.03. The Hall–Kier alpha value is -1.06. The third-order valence-electron chi connectivity index (χ3n) is 2.01. The molecule has 0 spiro atoms. The maximum atomic E-state index is 10.1. The molecule has 0 aliphatic heterocycles. The van der Waals surface area contributed by atoms with Gasteiger partial charge in [0.2, 0.25) is 6.61 Å². The molecule has 1 atom stereocenters. The van der Waals surface area contributed by atoms with Crippen molar-refractivity contribution in [2.45, 2.75) is 26.2 Å². The van der Waals surface area contributed by atoms with E-state index in [9.17, 15) is 4.79 Å². The van der Waals surface area contributed by atoms with Gasteiger partial charge in [-0.15, -0.1) is 0 Å². The molecule has 1 aliphatic carbocycles. The van der Waals surface area contributed by atoms with E-state index in [1.54, 1.807) is 0 Å². The lowest BCUT2D eigenvalue weighted by atomic mass is 10.1. The number of rotatable bonds is 3. The van der Waals surface area contributed by atoms with Gasteiger partial charge in [-0.3, -0.25) is 0 Å². The lowest BCUT2D eigenvalue weighted by Crippen LogP contribution is -2.07. The average molecular weight is 171 g/mol. The minimum atomic E-state index is -0.981. The maximum absolute atomic E-state index is 10.1. The van der Waals surface area contributed by atoms with E-state index in [-0.39, 0.29) is 6.61 Å². The van der Waals surface area contributed by atoms with E-state index in [4.69, 9.17) is 5.11 Å². The zero-order valence-corrected chi connectivity index (χ0v) is 7.12. The standard InChI is InChI=1S/C8H13NO3/c1-6-3-2-4-7(6)9-12-5-8(10)11/h6H,2-5H2,1H3,(H,10,11). The Morgan fingerprint density at radius 3 is 3.08 bits per heavy atom. The normalized spacial score (nSPS) is 26.1. The molecule has 12 heavy (non-hydrogen) atoms. The van der Waals surface area contributed by atoms with Crippen molar-refractivity contribution in [3.8, 4) is 0 Å². The summed E-state index contributed by atoms with van der Waals surface area (Å²) in [7, 11) is 0. The Kier molecular flexibility index (Phi) is 3.08. The van der Waals surface area contributed by atoms with Crippen LogP contribution < -0.4 is 0 Å². The van der Waals surface area contributed by atoms with Gasteiger partial charge in [0.25, 0.3) is 0 Å². The predicted octanol–water partition coefficient (Wildman–Crippen LogP) is 1.26. The highest BCUT2D eigenvalue weighted by Gasteiger charge is 2.18. The average Bonchev–Trinajstić information content (AvgIpc) is 2.36. The molecule has 1 unspecified atom stereocenters. The van der Waals surface area contributed by atoms with Gasteiger partial charge in [-0.05, 0) is 25.2 Å². The van der Waals surface area contributed by atoms with Crippen molar-refractivity contribution in [2.24, 2.45) is 11.1 Å². The SMILES string of the molecule is CC1CCCC1=NOCC(=O)O. The third-order valence-corrected chi connectivity index (χ3v) is 2.01. The number of aliphatic carboxylic acids is 1. The van der Waals surface area contributed by atoms with Gasteiger partial charge >= 0.3 is 5.97 Å². The highest BCUT2D eigenvalue weighted by Crippen LogP contribution is 2.21. The second kappa shape index (κ2) is 4.09. The third kappa shape index (κ3) is 2.53. The zero-order chi connectivity index (χ0) is 8.97. The van der Waals surface area contributed by atoms with Crippen molar-refractivity contribution in [1.29, 1.82) is 0 Å². The van der Waals surface area contributed by atoms with Crippen LogP contribution in [0, 0.1) is 5.92 Å². The molecule has 1 fully saturated rings. The second-order valence-corrected chi connectivity index (χ2v) is 3.04. The highest BCUT2D eigenvalue weighted by molar-refractivity contribution is 5.87. The molecule has 0 amide bonds. The lowest BCUT2D eigenvalue weighted by molar-refractivity contribution is -0.142. The van der Waals surface area contributed by atoms with Gasteiger partial charge in [0.1, 0.15) is 0 Å². The van der Waals surface area contributed by atoms with Crippen LogP contribution in [0.25, 0.3) is 0 Å². The van der Waals surface area contributed by atoms with E-state index < -0.39 is 5.97 Å². The Bertz CT molecular complexity index is 200. The zero-order valence-electron chi connectivity index (χ0n) is 7.12. The summed E-state index contributed by atoms with van der Waals surface area (Å²) < 4.78 is 0. The number of oxime groups is 1. The van der Waals surface area contributed by atoms with Gasteiger partial charge in [0.05, 0.1) is 5.71 Å². The number of carboxylic acid groups (broad SMARTS) is 1. The van der Waals surface area contributed by atoms with Gasteiger partial charge in [-0.2, -0.15) is 0 Å². The minimum absolute atomic E-state index is 0.337. The molecule has 4 heteroatoms. The van der Waals surface area contributed by atoms with Crippen molar-refractivity contribution in [2.75, 3.05) is 6.61 Å². The number of hydrogen-bond donors (Lipinski definition) is 1. The smallest absolute Gasteiger partial charge is 0.344 e. The van der Waals surface area contributed by atoms with Crippen molar-refractivity contribution in [3.05, 3.63) is 0 Å². The molecule has 0 bridgehead atoms. The van der Waals surface area contributed by atoms with Crippen LogP contribution >= 0.6 is 0 Å². The Morgan fingerprint density at radius 2 is 2.58 bits per heavy atom. The van der Waals surface area contributed by atoms with Crippen LogP contribution in [0.2, 0.25) is 0 Å². The second-order valence-electron chi connectivity index (χ2n) is 3.04. The van der Waals surface area contributed by atoms with Crippen molar-refractivity contribution >= 4 is 11.7 Å². The first-order valence-electron chi connectivity index (χ1n) is 4.10. The molecule has 0 radical (unpaired) electrons. The molecule has 0 aromatic carbocycles. The van der Waals surface area contributed by atoms with Gasteiger partial charge in [0.15, 0.2) is 0 Å². The van der Waals surface area contributed by atoms with Crippen molar-refractivity contribution < 1.29 is 14.7 Å². The van der Waals surface area contributed by atoms with Gasteiger partial charge in [0, 0.05) is 0 Å². The van der Waals surface area contributed by atoms with Crippen LogP contribution in [0.3, 0.4) is 0 Å². The Labute approximate surface area is 71.2 Å². The van der Waals surface area contributed by atoms with Crippen molar-refractivity contribution in [3.63, 3.8) is 0 Å². The largest absolute Gasteiger partial charge is 0.479 e. The van der Waals surface area contributed by atoms with Crippen LogP contribution in [0.15, 0.2) is 5.16 Å². The highest BCUT2D eigenvalue weighted by atomic mass is 16.6. The summed E-state index contributed by atoms with van der Waals surface area (Å²) in [5, 5.41) is 12.0. The molecule has 68 valence electrons. The lowest BCUT2D eigenvalue weighted by Gasteiger charge is -2.01. The topological polar surface area (TPSA) is 58.9 Å². The van der Waals surface area contributed by atoms with Crippen molar-refractivity contribution in [1.82, 2.24) is 0 Å². The van der Waals surface area contributed by atoms with Gasteiger partial charge in [-0.25, -0.2) is 4.79 Å². The van der Waals surface area contributed by atoms with E-state index in [1.807, 2.05) is 0 Å². The van der Waals surface area contributed by atoms with Gasteiger partial charge < -0.3 is 9.94 Å². The molecule has 0 aromatic heterocycles. The van der Waals surface area contributed by atoms with E-state index in [0.717, 1.165) is 25.0 Å². The van der Waals surface area contributed by atoms with Crippen LogP contribution in [-0.2, 0) is 9.63 Å². The number of carbonyl (C=O) groups is 1. The molecular formula is C8H13NO3. The summed E-state index contributed by atoms with van der Waals surface area (Å²) >= 11 is 0. The van der Waals surface area contributed by atoms with E-state index in [0.29, 0.717) is 5.92 Å². The summed E-state index contributed by atoms with van der Waals surface area (Å²) in [6.45, 7) is 1.74. The van der Waals surface area contributed by atoms with E-state index in [2.05, 4.69) is 16.9 Å². The number of nitrogens with zero attached hydrogens (tertiary/aromatic N) is 1. The van der Waals surface area contributed by atoms with Crippen LogP contribution in [0.5, 0.6) is 0 Å². The molecular weight excluding hydrogens is 158 g/mol. The summed E-state index contributed by atoms with van der Waals surface area (Å²) in [4.78, 5) is 14.7. The molecule has 4 nitrogen and oxygen atoms in total. The quantitative estimate of drug-likeness (QED) is 0.650. The molecule has 1 saturated carbocycles. The van der Waals surface area contributed by atoms with Crippen LogP contribution in [0.1, 0.15) is 26.2 Å². The van der Waals surface area contributed by atoms with E-state index >= 15 is 0 Å². The Morgan fingerprint density at radius 1 is 1.83 bits per heavy atom. The number of carboxylic acids is 1.